The van der Waals surface area contributed by atoms with Crippen molar-refractivity contribution < 1.29 is 18.6 Å². The predicted octanol–water partition coefficient (Wildman–Crippen LogP) is 0.371. The highest BCUT2D eigenvalue weighted by molar-refractivity contribution is 7.91. The van der Waals surface area contributed by atoms with E-state index in [1.54, 1.807) is 6.07 Å². The molecule has 0 spiro atoms. The molecule has 0 unspecified atom stereocenters. The van der Waals surface area contributed by atoms with Gasteiger partial charge < -0.3 is 15.1 Å². The molecule has 0 atom stereocenters. The van der Waals surface area contributed by atoms with Crippen LogP contribution in [0.25, 0.3) is 0 Å². The van der Waals surface area contributed by atoms with E-state index >= 15 is 0 Å². The molecule has 1 aliphatic rings. The fourth-order valence-electron chi connectivity index (χ4n) is 1.99. The number of benzene rings is 1. The van der Waals surface area contributed by atoms with Crippen molar-refractivity contribution in [2.24, 2.45) is 0 Å². The molecule has 0 saturated carbocycles. The van der Waals surface area contributed by atoms with Crippen LogP contribution < -0.4 is 0 Å². The number of rotatable bonds is 3. The van der Waals surface area contributed by atoms with Gasteiger partial charge in [-0.1, -0.05) is 6.07 Å². The lowest BCUT2D eigenvalue weighted by molar-refractivity contribution is 0.299. The Bertz CT molecular complexity index is 513. The lowest BCUT2D eigenvalue weighted by atomic mass is 10.1. The molecule has 1 aromatic rings. The van der Waals surface area contributed by atoms with Gasteiger partial charge in [0.25, 0.3) is 0 Å². The first-order valence-electron chi connectivity index (χ1n) is 5.90. The monoisotopic (exact) mass is 271 g/mol. The minimum atomic E-state index is -2.83. The number of phenolic OH excluding ortho intramolecular Hbond substituents is 2. The zero-order chi connectivity index (χ0) is 13.2. The molecule has 1 aromatic carbocycles. The van der Waals surface area contributed by atoms with E-state index in [0.717, 1.165) is 18.5 Å². The molecule has 1 fully saturated rings. The summed E-state index contributed by atoms with van der Waals surface area (Å²) in [5.74, 6) is 0.221. The van der Waals surface area contributed by atoms with Crippen molar-refractivity contribution in [2.75, 3.05) is 31.1 Å². The van der Waals surface area contributed by atoms with E-state index in [9.17, 15) is 18.6 Å². The Morgan fingerprint density at radius 2 is 1.78 bits per heavy atom. The Kier molecular flexibility index (Phi) is 3.77. The highest BCUT2D eigenvalue weighted by atomic mass is 32.2. The smallest absolute Gasteiger partial charge is 0.157 e. The van der Waals surface area contributed by atoms with Gasteiger partial charge in [-0.3, -0.25) is 0 Å². The highest BCUT2D eigenvalue weighted by Crippen LogP contribution is 2.25. The first-order valence-corrected chi connectivity index (χ1v) is 7.72. The van der Waals surface area contributed by atoms with Gasteiger partial charge in [-0.25, -0.2) is 8.42 Å². The second-order valence-electron chi connectivity index (χ2n) is 4.57. The van der Waals surface area contributed by atoms with Crippen LogP contribution in [0.3, 0.4) is 0 Å². The molecule has 0 radical (unpaired) electrons. The SMILES string of the molecule is O=S1(=O)CCN(CCc2ccc(O)c(O)c2)CC1. The number of aromatic hydroxyl groups is 2. The number of hydrogen-bond donors (Lipinski definition) is 2. The number of nitrogens with zero attached hydrogens (tertiary/aromatic N) is 1. The maximum absolute atomic E-state index is 11.3. The third kappa shape index (κ3) is 3.36. The first kappa shape index (κ1) is 13.2. The standard InChI is InChI=1S/C12H17NO4S/c14-11-2-1-10(9-12(11)15)3-4-13-5-7-18(16,17)8-6-13/h1-2,9,14-15H,3-8H2. The summed E-state index contributed by atoms with van der Waals surface area (Å²) in [6.07, 6.45) is 0.730. The predicted molar refractivity (Wildman–Crippen MR) is 68.6 cm³/mol. The van der Waals surface area contributed by atoms with E-state index in [1.807, 2.05) is 0 Å². The summed E-state index contributed by atoms with van der Waals surface area (Å²) in [5.41, 5.74) is 0.929. The van der Waals surface area contributed by atoms with Gasteiger partial charge in [0.1, 0.15) is 0 Å². The average molecular weight is 271 g/mol. The minimum Gasteiger partial charge on any atom is -0.504 e. The maximum atomic E-state index is 11.3. The maximum Gasteiger partial charge on any atom is 0.157 e. The summed E-state index contributed by atoms with van der Waals surface area (Å²) in [7, 11) is -2.83. The molecule has 2 rings (SSSR count). The molecular formula is C12H17NO4S. The Labute approximate surface area is 107 Å². The topological polar surface area (TPSA) is 77.8 Å². The lowest BCUT2D eigenvalue weighted by Gasteiger charge is -2.26. The third-order valence-corrected chi connectivity index (χ3v) is 4.80. The van der Waals surface area contributed by atoms with E-state index in [0.29, 0.717) is 13.1 Å². The third-order valence-electron chi connectivity index (χ3n) is 3.19. The van der Waals surface area contributed by atoms with Crippen molar-refractivity contribution in [1.82, 2.24) is 4.90 Å². The van der Waals surface area contributed by atoms with Crippen molar-refractivity contribution in [3.63, 3.8) is 0 Å². The Morgan fingerprint density at radius 3 is 2.39 bits per heavy atom. The van der Waals surface area contributed by atoms with Crippen LogP contribution in [0.2, 0.25) is 0 Å². The molecule has 0 amide bonds. The summed E-state index contributed by atoms with van der Waals surface area (Å²) in [5, 5.41) is 18.6. The van der Waals surface area contributed by atoms with Crippen molar-refractivity contribution in [3.8, 4) is 11.5 Å². The summed E-state index contributed by atoms with van der Waals surface area (Å²) >= 11 is 0. The van der Waals surface area contributed by atoms with Crippen LogP contribution in [-0.4, -0.2) is 54.7 Å². The second kappa shape index (κ2) is 5.16. The lowest BCUT2D eigenvalue weighted by Crippen LogP contribution is -2.41. The van der Waals surface area contributed by atoms with Crippen molar-refractivity contribution in [2.45, 2.75) is 6.42 Å². The van der Waals surface area contributed by atoms with Gasteiger partial charge in [0.2, 0.25) is 0 Å². The van der Waals surface area contributed by atoms with Crippen LogP contribution in [-0.2, 0) is 16.3 Å². The van der Waals surface area contributed by atoms with Gasteiger partial charge in [0.15, 0.2) is 21.3 Å². The molecule has 2 N–H and O–H groups in total. The summed E-state index contributed by atoms with van der Waals surface area (Å²) in [6, 6.07) is 4.76. The Morgan fingerprint density at radius 1 is 1.11 bits per heavy atom. The second-order valence-corrected chi connectivity index (χ2v) is 6.87. The highest BCUT2D eigenvalue weighted by Gasteiger charge is 2.20. The normalized spacial score (nSPS) is 19.8. The van der Waals surface area contributed by atoms with Crippen LogP contribution in [0.4, 0.5) is 0 Å². The van der Waals surface area contributed by atoms with E-state index in [2.05, 4.69) is 4.90 Å². The molecule has 0 aromatic heterocycles. The van der Waals surface area contributed by atoms with Crippen LogP contribution in [0.15, 0.2) is 18.2 Å². The minimum absolute atomic E-state index is 0.117. The number of sulfone groups is 1. The molecule has 1 saturated heterocycles. The summed E-state index contributed by atoms with van der Waals surface area (Å²) < 4.78 is 22.5. The van der Waals surface area contributed by atoms with Gasteiger partial charge in [-0.2, -0.15) is 0 Å². The Balaban J connectivity index is 1.87. The first-order chi connectivity index (χ1) is 8.46. The fraction of sp³-hybridized carbons (Fsp3) is 0.500. The van der Waals surface area contributed by atoms with Crippen LogP contribution in [0, 0.1) is 0 Å². The van der Waals surface area contributed by atoms with E-state index < -0.39 is 9.84 Å². The van der Waals surface area contributed by atoms with Gasteiger partial charge in [0.05, 0.1) is 11.5 Å². The van der Waals surface area contributed by atoms with Crippen molar-refractivity contribution in [1.29, 1.82) is 0 Å². The van der Waals surface area contributed by atoms with Gasteiger partial charge in [-0.05, 0) is 24.1 Å². The van der Waals surface area contributed by atoms with E-state index in [4.69, 9.17) is 0 Å². The largest absolute Gasteiger partial charge is 0.504 e. The van der Waals surface area contributed by atoms with Crippen molar-refractivity contribution in [3.05, 3.63) is 23.8 Å². The van der Waals surface area contributed by atoms with E-state index in [-0.39, 0.29) is 23.0 Å². The molecule has 1 heterocycles. The molecular weight excluding hydrogens is 254 g/mol. The van der Waals surface area contributed by atoms with Gasteiger partial charge in [-0.15, -0.1) is 0 Å². The zero-order valence-electron chi connectivity index (χ0n) is 10.0. The van der Waals surface area contributed by atoms with Crippen molar-refractivity contribution >= 4 is 9.84 Å². The van der Waals surface area contributed by atoms with Crippen LogP contribution >= 0.6 is 0 Å². The van der Waals surface area contributed by atoms with Gasteiger partial charge in [0, 0.05) is 19.6 Å². The average Bonchev–Trinajstić information content (AvgIpc) is 2.32. The number of phenols is 2. The van der Waals surface area contributed by atoms with Gasteiger partial charge >= 0.3 is 0 Å². The van der Waals surface area contributed by atoms with Crippen LogP contribution in [0.1, 0.15) is 5.56 Å². The molecule has 6 heteroatoms. The van der Waals surface area contributed by atoms with E-state index in [1.165, 1.54) is 12.1 Å². The van der Waals surface area contributed by atoms with Crippen LogP contribution in [0.5, 0.6) is 11.5 Å². The summed E-state index contributed by atoms with van der Waals surface area (Å²) in [6.45, 7) is 1.92. The summed E-state index contributed by atoms with van der Waals surface area (Å²) in [4.78, 5) is 2.10. The molecule has 1 aliphatic heterocycles. The molecule has 18 heavy (non-hydrogen) atoms. The fourth-order valence-corrected chi connectivity index (χ4v) is 3.26. The molecule has 5 nitrogen and oxygen atoms in total. The quantitative estimate of drug-likeness (QED) is 0.777. The molecule has 100 valence electrons. The molecule has 0 aliphatic carbocycles. The Hall–Kier alpha value is -1.27. The number of hydrogen-bond acceptors (Lipinski definition) is 5. The zero-order valence-corrected chi connectivity index (χ0v) is 10.9. The molecule has 0 bridgehead atoms.